The number of aromatic amines is 1. The number of H-pyrrole nitrogens is 1. The van der Waals surface area contributed by atoms with Gasteiger partial charge < -0.3 is 9.72 Å². The Morgan fingerprint density at radius 2 is 1.89 bits per heavy atom. The van der Waals surface area contributed by atoms with Gasteiger partial charge in [-0.3, -0.25) is 9.36 Å². The summed E-state index contributed by atoms with van der Waals surface area (Å²) in [5, 5.41) is 10.2. The Morgan fingerprint density at radius 3 is 2.68 bits per heavy atom. The van der Waals surface area contributed by atoms with E-state index in [1.807, 2.05) is 60.2 Å². The molecule has 1 unspecified atom stereocenters. The van der Waals surface area contributed by atoms with Crippen LogP contribution in [-0.4, -0.2) is 38.1 Å². The number of esters is 1. The third-order valence-electron chi connectivity index (χ3n) is 4.64. The van der Waals surface area contributed by atoms with Crippen LogP contribution in [0.3, 0.4) is 0 Å². The molecule has 0 amide bonds. The maximum Gasteiger partial charge on any atom is 0.318 e. The number of aryl methyl sites for hydroxylation is 1. The Hall–Kier alpha value is -3.06. The zero-order valence-corrected chi connectivity index (χ0v) is 16.7. The molecule has 2 aromatic carbocycles. The number of aromatic nitrogens is 4. The fourth-order valence-corrected chi connectivity index (χ4v) is 4.07. The number of fused-ring (bicyclic) bond motifs is 1. The minimum Gasteiger partial charge on any atom is -0.468 e. The summed E-state index contributed by atoms with van der Waals surface area (Å²) in [4.78, 5) is 15.2. The van der Waals surface area contributed by atoms with Crippen molar-refractivity contribution in [3.05, 3.63) is 60.3 Å². The molecule has 4 aromatic rings. The van der Waals surface area contributed by atoms with Crippen LogP contribution in [0.4, 0.5) is 0 Å². The molecule has 0 radical (unpaired) electrons. The molecule has 2 heterocycles. The van der Waals surface area contributed by atoms with Crippen molar-refractivity contribution in [1.29, 1.82) is 0 Å². The number of thioether (sulfide) groups is 1. The zero-order valence-electron chi connectivity index (χ0n) is 15.8. The number of hydrogen-bond acceptors (Lipinski definition) is 5. The van der Waals surface area contributed by atoms with Crippen molar-refractivity contribution in [3.63, 3.8) is 0 Å². The average Bonchev–Trinajstić information content (AvgIpc) is 3.31. The van der Waals surface area contributed by atoms with Crippen molar-refractivity contribution < 1.29 is 9.53 Å². The van der Waals surface area contributed by atoms with Gasteiger partial charge in [-0.15, -0.1) is 10.2 Å². The average molecular weight is 392 g/mol. The Bertz CT molecular complexity index is 1150. The van der Waals surface area contributed by atoms with Crippen LogP contribution in [0.2, 0.25) is 0 Å². The summed E-state index contributed by atoms with van der Waals surface area (Å²) in [6, 6.07) is 16.1. The van der Waals surface area contributed by atoms with Crippen molar-refractivity contribution >= 4 is 28.6 Å². The second kappa shape index (κ2) is 7.52. The largest absolute Gasteiger partial charge is 0.468 e. The smallest absolute Gasteiger partial charge is 0.318 e. The van der Waals surface area contributed by atoms with Gasteiger partial charge in [0.05, 0.1) is 12.8 Å². The summed E-state index contributed by atoms with van der Waals surface area (Å²) in [6.45, 7) is 3.85. The van der Waals surface area contributed by atoms with Crippen LogP contribution in [0.1, 0.15) is 12.5 Å². The van der Waals surface area contributed by atoms with Crippen molar-refractivity contribution in [2.24, 2.45) is 0 Å². The summed E-state index contributed by atoms with van der Waals surface area (Å²) in [7, 11) is 1.39. The van der Waals surface area contributed by atoms with Crippen LogP contribution < -0.4 is 0 Å². The number of nitrogens with one attached hydrogen (secondary N) is 1. The number of nitrogens with zero attached hydrogens (tertiary/aromatic N) is 3. The lowest BCUT2D eigenvalue weighted by atomic mass is 10.1. The minimum absolute atomic E-state index is 0.294. The fourth-order valence-electron chi connectivity index (χ4n) is 3.18. The Balaban J connectivity index is 1.90. The van der Waals surface area contributed by atoms with E-state index in [1.54, 1.807) is 6.92 Å². The number of benzene rings is 2. The number of carbonyl (C=O) groups excluding carboxylic acids is 1. The molecule has 0 fully saturated rings. The number of rotatable bonds is 5. The Morgan fingerprint density at radius 1 is 1.14 bits per heavy atom. The third-order valence-corrected chi connectivity index (χ3v) is 5.66. The van der Waals surface area contributed by atoms with Gasteiger partial charge in [-0.05, 0) is 31.5 Å². The van der Waals surface area contributed by atoms with Crippen LogP contribution in [0.25, 0.3) is 28.0 Å². The molecule has 28 heavy (non-hydrogen) atoms. The number of ether oxygens (including phenoxy) is 1. The lowest BCUT2D eigenvalue weighted by molar-refractivity contribution is -0.139. The van der Waals surface area contributed by atoms with Crippen molar-refractivity contribution in [2.75, 3.05) is 7.11 Å². The highest BCUT2D eigenvalue weighted by atomic mass is 32.2. The van der Waals surface area contributed by atoms with Gasteiger partial charge in [-0.25, -0.2) is 0 Å². The van der Waals surface area contributed by atoms with E-state index in [0.717, 1.165) is 33.5 Å². The highest BCUT2D eigenvalue weighted by molar-refractivity contribution is 8.00. The molecule has 4 rings (SSSR count). The molecule has 0 saturated heterocycles. The van der Waals surface area contributed by atoms with E-state index >= 15 is 0 Å². The zero-order chi connectivity index (χ0) is 19.7. The topological polar surface area (TPSA) is 72.8 Å². The molecule has 142 valence electrons. The van der Waals surface area contributed by atoms with Crippen molar-refractivity contribution in [2.45, 2.75) is 24.3 Å². The normalized spacial score (nSPS) is 12.2. The van der Waals surface area contributed by atoms with Gasteiger partial charge in [0.15, 0.2) is 11.0 Å². The molecule has 6 nitrogen and oxygen atoms in total. The summed E-state index contributed by atoms with van der Waals surface area (Å²) in [5.74, 6) is 0.435. The van der Waals surface area contributed by atoms with Gasteiger partial charge in [0.1, 0.15) is 5.25 Å². The second-order valence-corrected chi connectivity index (χ2v) is 7.77. The second-order valence-electron chi connectivity index (χ2n) is 6.46. The van der Waals surface area contributed by atoms with Gasteiger partial charge in [0.25, 0.3) is 0 Å². The van der Waals surface area contributed by atoms with Crippen LogP contribution in [0.15, 0.2) is 59.9 Å². The van der Waals surface area contributed by atoms with E-state index in [1.165, 1.54) is 18.9 Å². The molecular weight excluding hydrogens is 372 g/mol. The van der Waals surface area contributed by atoms with Crippen molar-refractivity contribution in [3.8, 4) is 17.1 Å². The fraction of sp³-hybridized carbons (Fsp3) is 0.190. The standard InChI is InChI=1S/C21H20N4O2S/c1-13-8-4-7-11-18(13)25-19(16-12-22-17-10-6-5-9-15(16)17)23-24-21(25)28-14(2)20(26)27-3/h4-12,14,22H,1-3H3. The third kappa shape index (κ3) is 3.18. The van der Waals surface area contributed by atoms with Crippen molar-refractivity contribution in [1.82, 2.24) is 19.7 Å². The first-order valence-corrected chi connectivity index (χ1v) is 9.80. The number of para-hydroxylation sites is 2. The number of methoxy groups -OCH3 is 1. The first-order valence-electron chi connectivity index (χ1n) is 8.92. The maximum absolute atomic E-state index is 11.9. The molecular formula is C21H20N4O2S. The molecule has 0 aliphatic heterocycles. The van der Waals surface area contributed by atoms with E-state index in [9.17, 15) is 4.79 Å². The Labute approximate surface area is 166 Å². The van der Waals surface area contributed by atoms with Gasteiger partial charge >= 0.3 is 5.97 Å². The minimum atomic E-state index is -0.396. The predicted octanol–water partition coefficient (Wildman–Crippen LogP) is 4.38. The van der Waals surface area contributed by atoms with E-state index in [4.69, 9.17) is 4.74 Å². The number of hydrogen-bond donors (Lipinski definition) is 1. The number of carbonyl (C=O) groups is 1. The molecule has 0 saturated carbocycles. The molecule has 7 heteroatoms. The van der Waals surface area contributed by atoms with Gasteiger partial charge in [-0.2, -0.15) is 0 Å². The van der Waals surface area contributed by atoms with Gasteiger partial charge in [0, 0.05) is 22.7 Å². The molecule has 0 aliphatic carbocycles. The first kappa shape index (κ1) is 18.3. The lowest BCUT2D eigenvalue weighted by Crippen LogP contribution is -2.15. The molecule has 0 aliphatic rings. The predicted molar refractivity (Wildman–Crippen MR) is 111 cm³/mol. The van der Waals surface area contributed by atoms with E-state index in [2.05, 4.69) is 21.2 Å². The van der Waals surface area contributed by atoms with Gasteiger partial charge in [0.2, 0.25) is 0 Å². The van der Waals surface area contributed by atoms with Crippen LogP contribution >= 0.6 is 11.8 Å². The summed E-state index contributed by atoms with van der Waals surface area (Å²) in [6.07, 6.45) is 1.95. The Kier molecular flexibility index (Phi) is 4.92. The monoisotopic (exact) mass is 392 g/mol. The molecule has 2 aromatic heterocycles. The van der Waals surface area contributed by atoms with E-state index in [0.29, 0.717) is 5.16 Å². The lowest BCUT2D eigenvalue weighted by Gasteiger charge is -2.14. The highest BCUT2D eigenvalue weighted by Crippen LogP contribution is 2.34. The van der Waals surface area contributed by atoms with E-state index < -0.39 is 5.25 Å². The summed E-state index contributed by atoms with van der Waals surface area (Å²) >= 11 is 1.33. The first-order chi connectivity index (χ1) is 13.6. The SMILES string of the molecule is COC(=O)C(C)Sc1nnc(-c2c[nH]c3ccccc23)n1-c1ccccc1C. The summed E-state index contributed by atoms with van der Waals surface area (Å²) < 4.78 is 6.88. The van der Waals surface area contributed by atoms with Crippen LogP contribution in [0.5, 0.6) is 0 Å². The molecule has 0 spiro atoms. The maximum atomic E-state index is 11.9. The molecule has 1 N–H and O–H groups in total. The van der Waals surface area contributed by atoms with E-state index in [-0.39, 0.29) is 5.97 Å². The van der Waals surface area contributed by atoms with Crippen LogP contribution in [0, 0.1) is 6.92 Å². The summed E-state index contributed by atoms with van der Waals surface area (Å²) in [5.41, 5.74) is 4.07. The molecule has 0 bridgehead atoms. The quantitative estimate of drug-likeness (QED) is 0.403. The highest BCUT2D eigenvalue weighted by Gasteiger charge is 2.24. The van der Waals surface area contributed by atoms with Crippen LogP contribution in [-0.2, 0) is 9.53 Å². The molecule has 1 atom stereocenters. The van der Waals surface area contributed by atoms with Gasteiger partial charge in [-0.1, -0.05) is 48.2 Å².